The van der Waals surface area contributed by atoms with Gasteiger partial charge >= 0.3 is 11.9 Å². The van der Waals surface area contributed by atoms with E-state index in [1.165, 1.54) is 0 Å². The molecule has 2 amide bonds. The van der Waals surface area contributed by atoms with Crippen LogP contribution in [-0.4, -0.2) is 47.0 Å². The second-order valence-corrected chi connectivity index (χ2v) is 7.57. The summed E-state index contributed by atoms with van der Waals surface area (Å²) in [6.07, 6.45) is -0.328. The number of carboxylic acid groups (broad SMARTS) is 1. The molecule has 0 saturated carbocycles. The summed E-state index contributed by atoms with van der Waals surface area (Å²) < 4.78 is 4.93. The Morgan fingerprint density at radius 2 is 1.65 bits per heavy atom. The number of hydrogen-bond acceptors (Lipinski definition) is 5. The third-order valence-corrected chi connectivity index (χ3v) is 4.84. The van der Waals surface area contributed by atoms with E-state index in [4.69, 9.17) is 4.74 Å². The van der Waals surface area contributed by atoms with E-state index in [0.717, 1.165) is 0 Å². The highest BCUT2D eigenvalue weighted by atomic mass is 16.6. The first kappa shape index (κ1) is 21.9. The summed E-state index contributed by atoms with van der Waals surface area (Å²) in [5.74, 6) is -3.74. The van der Waals surface area contributed by atoms with Gasteiger partial charge in [-0.25, -0.2) is 4.79 Å². The van der Waals surface area contributed by atoms with Crippen molar-refractivity contribution in [1.29, 1.82) is 0 Å². The van der Waals surface area contributed by atoms with Gasteiger partial charge in [0, 0.05) is 0 Å². The van der Waals surface area contributed by atoms with Crippen molar-refractivity contribution < 1.29 is 29.0 Å². The van der Waals surface area contributed by atoms with Gasteiger partial charge in [-0.15, -0.1) is 0 Å². The molecule has 0 aromatic heterocycles. The Hall–Kier alpha value is -2.12. The van der Waals surface area contributed by atoms with Gasteiger partial charge in [-0.3, -0.25) is 14.4 Å². The van der Waals surface area contributed by atoms with E-state index in [1.807, 2.05) is 20.8 Å². The second kappa shape index (κ2) is 9.00. The van der Waals surface area contributed by atoms with Gasteiger partial charge < -0.3 is 20.5 Å². The summed E-state index contributed by atoms with van der Waals surface area (Å²) in [5.41, 5.74) is 0. The van der Waals surface area contributed by atoms with Crippen LogP contribution in [0.15, 0.2) is 0 Å². The zero-order valence-corrected chi connectivity index (χ0v) is 16.2. The number of amides is 2. The smallest absolute Gasteiger partial charge is 0.326 e. The van der Waals surface area contributed by atoms with Crippen molar-refractivity contribution in [2.24, 2.45) is 23.7 Å². The highest BCUT2D eigenvalue weighted by Gasteiger charge is 2.49. The lowest BCUT2D eigenvalue weighted by atomic mass is 9.85. The molecule has 0 radical (unpaired) electrons. The van der Waals surface area contributed by atoms with Crippen LogP contribution in [0.2, 0.25) is 0 Å². The number of carboxylic acids is 1. The van der Waals surface area contributed by atoms with Crippen LogP contribution >= 0.6 is 0 Å². The van der Waals surface area contributed by atoms with E-state index in [2.05, 4.69) is 10.6 Å². The lowest BCUT2D eigenvalue weighted by molar-refractivity contribution is -0.193. The van der Waals surface area contributed by atoms with E-state index in [1.54, 1.807) is 20.8 Å². The SMILES string of the molecule is CC[C@@H](C)[C@H](NC(=O)[C@@H](NC(=O)[C@@H]1OC(=O)[C@H]1C(C)C)C(C)C)C(=O)O. The van der Waals surface area contributed by atoms with E-state index in [0.29, 0.717) is 6.42 Å². The summed E-state index contributed by atoms with van der Waals surface area (Å²) in [7, 11) is 0. The zero-order valence-electron chi connectivity index (χ0n) is 16.2. The summed E-state index contributed by atoms with van der Waals surface area (Å²) in [6, 6.07) is -1.95. The first-order valence-electron chi connectivity index (χ1n) is 9.05. The van der Waals surface area contributed by atoms with Gasteiger partial charge in [-0.05, 0) is 17.8 Å². The van der Waals surface area contributed by atoms with Crippen molar-refractivity contribution in [3.63, 3.8) is 0 Å². The van der Waals surface area contributed by atoms with Crippen molar-refractivity contribution in [2.75, 3.05) is 0 Å². The average Bonchev–Trinajstić information content (AvgIpc) is 2.52. The molecular formula is C18H30N2O6. The molecule has 8 heteroatoms. The fraction of sp³-hybridized carbons (Fsp3) is 0.778. The van der Waals surface area contributed by atoms with Crippen molar-refractivity contribution in [3.8, 4) is 0 Å². The van der Waals surface area contributed by atoms with E-state index < -0.39 is 47.9 Å². The minimum Gasteiger partial charge on any atom is -0.480 e. The number of cyclic esters (lactones) is 1. The van der Waals surface area contributed by atoms with Crippen LogP contribution in [0, 0.1) is 23.7 Å². The van der Waals surface area contributed by atoms with E-state index in [9.17, 15) is 24.3 Å². The van der Waals surface area contributed by atoms with Crippen LogP contribution in [-0.2, 0) is 23.9 Å². The zero-order chi connectivity index (χ0) is 20.2. The molecule has 0 aliphatic carbocycles. The molecule has 0 aromatic rings. The fourth-order valence-electron chi connectivity index (χ4n) is 2.86. The standard InChI is InChI=1S/C18H30N2O6/c1-7-10(6)13(17(23)24)20-15(21)12(9(4)5)19-16(22)14-11(8(2)3)18(25)26-14/h8-14H,7H2,1-6H3,(H,19,22)(H,20,21)(H,23,24)/t10-,11+,12+,13+,14-/m1/s1. The molecule has 0 unspecified atom stereocenters. The van der Waals surface area contributed by atoms with Gasteiger partial charge in [0.25, 0.3) is 5.91 Å². The van der Waals surface area contributed by atoms with Crippen molar-refractivity contribution in [3.05, 3.63) is 0 Å². The number of carbonyl (C=O) groups is 4. The topological polar surface area (TPSA) is 122 Å². The molecule has 8 nitrogen and oxygen atoms in total. The number of rotatable bonds is 9. The molecule has 26 heavy (non-hydrogen) atoms. The van der Waals surface area contributed by atoms with Crippen LogP contribution in [0.25, 0.3) is 0 Å². The number of carbonyl (C=O) groups excluding carboxylic acids is 3. The Kier molecular flexibility index (Phi) is 7.59. The quantitative estimate of drug-likeness (QED) is 0.519. The Bertz CT molecular complexity index is 560. The van der Waals surface area contributed by atoms with Crippen molar-refractivity contribution in [1.82, 2.24) is 10.6 Å². The van der Waals surface area contributed by atoms with Crippen LogP contribution in [0.3, 0.4) is 0 Å². The first-order chi connectivity index (χ1) is 12.0. The molecule has 1 aliphatic heterocycles. The molecule has 0 spiro atoms. The van der Waals surface area contributed by atoms with Crippen LogP contribution < -0.4 is 10.6 Å². The van der Waals surface area contributed by atoms with Gasteiger partial charge in [0.2, 0.25) is 5.91 Å². The maximum atomic E-state index is 12.6. The molecule has 1 rings (SSSR count). The number of hydrogen-bond donors (Lipinski definition) is 3. The second-order valence-electron chi connectivity index (χ2n) is 7.57. The number of aliphatic carboxylic acids is 1. The van der Waals surface area contributed by atoms with Gasteiger partial charge in [0.05, 0.1) is 0 Å². The lowest BCUT2D eigenvalue weighted by Crippen LogP contribution is -2.61. The van der Waals surface area contributed by atoms with Crippen LogP contribution in [0.5, 0.6) is 0 Å². The third-order valence-electron chi connectivity index (χ3n) is 4.84. The Morgan fingerprint density at radius 1 is 1.08 bits per heavy atom. The van der Waals surface area contributed by atoms with E-state index >= 15 is 0 Å². The highest BCUT2D eigenvalue weighted by Crippen LogP contribution is 2.29. The fourth-order valence-corrected chi connectivity index (χ4v) is 2.86. The minimum atomic E-state index is -1.12. The molecule has 1 saturated heterocycles. The molecule has 148 valence electrons. The largest absolute Gasteiger partial charge is 0.480 e. The Balaban J connectivity index is 2.82. The molecule has 3 N–H and O–H groups in total. The first-order valence-corrected chi connectivity index (χ1v) is 9.05. The monoisotopic (exact) mass is 370 g/mol. The van der Waals surface area contributed by atoms with Crippen molar-refractivity contribution in [2.45, 2.75) is 66.2 Å². The number of esters is 1. The predicted molar refractivity (Wildman–Crippen MR) is 94.0 cm³/mol. The predicted octanol–water partition coefficient (Wildman–Crippen LogP) is 0.940. The molecule has 1 aliphatic rings. The van der Waals surface area contributed by atoms with E-state index in [-0.39, 0.29) is 17.8 Å². The summed E-state index contributed by atoms with van der Waals surface area (Å²) in [4.78, 5) is 47.9. The maximum absolute atomic E-state index is 12.6. The van der Waals surface area contributed by atoms with Gasteiger partial charge in [-0.1, -0.05) is 48.0 Å². The number of ether oxygens (including phenoxy) is 1. The number of nitrogens with one attached hydrogen (secondary N) is 2. The normalized spacial score (nSPS) is 22.8. The third kappa shape index (κ3) is 4.95. The molecule has 0 bridgehead atoms. The lowest BCUT2D eigenvalue weighted by Gasteiger charge is -2.37. The van der Waals surface area contributed by atoms with Gasteiger partial charge in [0.1, 0.15) is 18.0 Å². The molecule has 0 aromatic carbocycles. The summed E-state index contributed by atoms with van der Waals surface area (Å²) >= 11 is 0. The maximum Gasteiger partial charge on any atom is 0.326 e. The van der Waals surface area contributed by atoms with Crippen LogP contribution in [0.1, 0.15) is 48.0 Å². The molecular weight excluding hydrogens is 340 g/mol. The molecule has 5 atom stereocenters. The molecule has 1 fully saturated rings. The summed E-state index contributed by atoms with van der Waals surface area (Å²) in [6.45, 7) is 10.7. The van der Waals surface area contributed by atoms with Crippen molar-refractivity contribution >= 4 is 23.8 Å². The van der Waals surface area contributed by atoms with Gasteiger partial charge in [-0.2, -0.15) is 0 Å². The Morgan fingerprint density at radius 3 is 2.04 bits per heavy atom. The van der Waals surface area contributed by atoms with Gasteiger partial charge in [0.15, 0.2) is 6.10 Å². The summed E-state index contributed by atoms with van der Waals surface area (Å²) in [5, 5.41) is 14.4. The van der Waals surface area contributed by atoms with Crippen LogP contribution in [0.4, 0.5) is 0 Å². The highest BCUT2D eigenvalue weighted by molar-refractivity contribution is 5.97. The average molecular weight is 370 g/mol. The Labute approximate surface area is 154 Å². The molecule has 1 heterocycles. The minimum absolute atomic E-state index is 0.0554.